The molecule has 0 aliphatic carbocycles. The summed E-state index contributed by atoms with van der Waals surface area (Å²) >= 11 is 4.74. The molecule has 0 spiro atoms. The number of alkyl halides is 3. The summed E-state index contributed by atoms with van der Waals surface area (Å²) in [5.41, 5.74) is -2.55. The van der Waals surface area contributed by atoms with Crippen molar-refractivity contribution in [2.24, 2.45) is 0 Å². The number of nitrogens with zero attached hydrogens (tertiary/aromatic N) is 3. The molecule has 1 aromatic carbocycles. The Hall–Kier alpha value is -2.78. The summed E-state index contributed by atoms with van der Waals surface area (Å²) in [6, 6.07) is 9.34. The van der Waals surface area contributed by atoms with Crippen LogP contribution in [-0.2, 0) is 6.54 Å². The van der Waals surface area contributed by atoms with Crippen LogP contribution in [0.25, 0.3) is 11.5 Å². The molecule has 0 amide bonds. The molecule has 3 rings (SSSR count). The fourth-order valence-electron chi connectivity index (χ4n) is 2.14. The Bertz CT molecular complexity index is 868. The standard InChI is InChI=1S/C16H14ClF2N5O2/c1-20-9-13-23-24-15(25-13)12-3-2-8-21-14(12)22-10-4-6-11(7-5-10)26-16(17,18)19/h2-8,20H,9H2,1H3,(H,21,22). The monoisotopic (exact) mass is 381 g/mol. The molecule has 3 aromatic rings. The fraction of sp³-hybridized carbons (Fsp3) is 0.188. The van der Waals surface area contributed by atoms with E-state index >= 15 is 0 Å². The minimum atomic E-state index is -3.76. The summed E-state index contributed by atoms with van der Waals surface area (Å²) in [7, 11) is 1.77. The maximum Gasteiger partial charge on any atom is 0.487 e. The Morgan fingerprint density at radius 2 is 1.96 bits per heavy atom. The van der Waals surface area contributed by atoms with Crippen molar-refractivity contribution < 1.29 is 17.9 Å². The molecule has 2 aromatic heterocycles. The maximum absolute atomic E-state index is 12.6. The molecule has 7 nitrogen and oxygen atoms in total. The first-order valence-electron chi connectivity index (χ1n) is 7.50. The van der Waals surface area contributed by atoms with Crippen molar-refractivity contribution in [2.45, 2.75) is 12.1 Å². The zero-order valence-corrected chi connectivity index (χ0v) is 14.3. The van der Waals surface area contributed by atoms with Gasteiger partial charge in [-0.2, -0.15) is 0 Å². The number of halogens is 3. The van der Waals surface area contributed by atoms with Gasteiger partial charge in [-0.25, -0.2) is 4.98 Å². The summed E-state index contributed by atoms with van der Waals surface area (Å²) in [6.07, 6.45) is 1.60. The third-order valence-electron chi connectivity index (χ3n) is 3.18. The molecule has 0 radical (unpaired) electrons. The second-order valence-corrected chi connectivity index (χ2v) is 5.57. The number of ether oxygens (including phenoxy) is 1. The molecular weight excluding hydrogens is 368 g/mol. The van der Waals surface area contributed by atoms with Gasteiger partial charge in [0, 0.05) is 23.5 Å². The zero-order valence-electron chi connectivity index (χ0n) is 13.5. The second kappa shape index (κ2) is 7.63. The molecule has 26 heavy (non-hydrogen) atoms. The fourth-order valence-corrected chi connectivity index (χ4v) is 2.23. The van der Waals surface area contributed by atoms with Crippen molar-refractivity contribution in [3.8, 4) is 17.2 Å². The molecule has 0 unspecified atom stereocenters. The van der Waals surface area contributed by atoms with Crippen LogP contribution in [0.5, 0.6) is 5.75 Å². The van der Waals surface area contributed by atoms with Crippen LogP contribution < -0.4 is 15.4 Å². The van der Waals surface area contributed by atoms with E-state index in [1.165, 1.54) is 12.1 Å². The van der Waals surface area contributed by atoms with Gasteiger partial charge < -0.3 is 19.8 Å². The van der Waals surface area contributed by atoms with Crippen molar-refractivity contribution in [2.75, 3.05) is 12.4 Å². The molecule has 0 atom stereocenters. The van der Waals surface area contributed by atoms with E-state index < -0.39 is 5.57 Å². The van der Waals surface area contributed by atoms with Crippen molar-refractivity contribution >= 4 is 23.1 Å². The molecule has 0 saturated heterocycles. The average Bonchev–Trinajstić information content (AvgIpc) is 3.05. The van der Waals surface area contributed by atoms with Gasteiger partial charge in [0.2, 0.25) is 5.89 Å². The summed E-state index contributed by atoms with van der Waals surface area (Å²) in [5, 5.41) is 13.9. The SMILES string of the molecule is CNCc1nnc(-c2cccnc2Nc2ccc(OC(F)(F)Cl)cc2)o1. The highest BCUT2D eigenvalue weighted by Gasteiger charge is 2.27. The van der Waals surface area contributed by atoms with Crippen LogP contribution in [-0.4, -0.2) is 27.8 Å². The van der Waals surface area contributed by atoms with E-state index in [0.717, 1.165) is 0 Å². The van der Waals surface area contributed by atoms with Crippen LogP contribution >= 0.6 is 11.6 Å². The van der Waals surface area contributed by atoms with E-state index in [0.29, 0.717) is 35.4 Å². The maximum atomic E-state index is 12.6. The van der Waals surface area contributed by atoms with Crippen LogP contribution in [0.4, 0.5) is 20.3 Å². The summed E-state index contributed by atoms with van der Waals surface area (Å²) in [4.78, 5) is 4.26. The van der Waals surface area contributed by atoms with E-state index in [-0.39, 0.29) is 5.75 Å². The summed E-state index contributed by atoms with van der Waals surface area (Å²) in [6.45, 7) is 0.447. The molecule has 10 heteroatoms. The number of nitrogens with one attached hydrogen (secondary N) is 2. The normalized spacial score (nSPS) is 11.4. The summed E-state index contributed by atoms with van der Waals surface area (Å²) in [5.74, 6) is 1.17. The number of aromatic nitrogens is 3. The Morgan fingerprint density at radius 3 is 2.65 bits per heavy atom. The van der Waals surface area contributed by atoms with Crippen LogP contribution in [0.1, 0.15) is 5.89 Å². The lowest BCUT2D eigenvalue weighted by molar-refractivity contribution is -0.0964. The zero-order chi connectivity index (χ0) is 18.6. The predicted octanol–water partition coefficient (Wildman–Crippen LogP) is 3.76. The molecule has 0 aliphatic rings. The number of anilines is 2. The minimum Gasteiger partial charge on any atom is -0.420 e. The number of hydrogen-bond acceptors (Lipinski definition) is 7. The van der Waals surface area contributed by atoms with E-state index in [2.05, 4.69) is 30.6 Å². The third-order valence-corrected chi connectivity index (χ3v) is 3.26. The van der Waals surface area contributed by atoms with Gasteiger partial charge in [-0.3, -0.25) is 0 Å². The molecule has 0 bridgehead atoms. The predicted molar refractivity (Wildman–Crippen MR) is 91.4 cm³/mol. The van der Waals surface area contributed by atoms with Crippen molar-refractivity contribution in [3.63, 3.8) is 0 Å². The Labute approximate surface area is 152 Å². The minimum absolute atomic E-state index is 0.0644. The lowest BCUT2D eigenvalue weighted by Gasteiger charge is -2.12. The van der Waals surface area contributed by atoms with Crippen LogP contribution in [0.2, 0.25) is 0 Å². The first-order chi connectivity index (χ1) is 12.4. The molecule has 136 valence electrons. The Kier molecular flexibility index (Phi) is 5.29. The molecular formula is C16H14ClF2N5O2. The van der Waals surface area contributed by atoms with Gasteiger partial charge in [-0.05, 0) is 43.4 Å². The Balaban J connectivity index is 1.80. The van der Waals surface area contributed by atoms with Gasteiger partial charge in [-0.15, -0.1) is 19.0 Å². The number of hydrogen-bond donors (Lipinski definition) is 2. The van der Waals surface area contributed by atoms with Gasteiger partial charge in [-0.1, -0.05) is 0 Å². The highest BCUT2D eigenvalue weighted by molar-refractivity contribution is 6.20. The first-order valence-corrected chi connectivity index (χ1v) is 7.87. The lowest BCUT2D eigenvalue weighted by atomic mass is 10.2. The Morgan fingerprint density at radius 1 is 1.19 bits per heavy atom. The molecule has 0 aliphatic heterocycles. The highest BCUT2D eigenvalue weighted by Crippen LogP contribution is 2.29. The van der Waals surface area contributed by atoms with Crippen LogP contribution in [0.15, 0.2) is 47.0 Å². The van der Waals surface area contributed by atoms with Gasteiger partial charge in [0.15, 0.2) is 0 Å². The molecule has 2 N–H and O–H groups in total. The molecule has 0 saturated carbocycles. The number of benzene rings is 1. The van der Waals surface area contributed by atoms with Gasteiger partial charge in [0.1, 0.15) is 11.6 Å². The number of pyridine rings is 1. The van der Waals surface area contributed by atoms with Crippen molar-refractivity contribution in [1.29, 1.82) is 0 Å². The third kappa shape index (κ3) is 4.64. The number of rotatable bonds is 7. The molecule has 2 heterocycles. The van der Waals surface area contributed by atoms with E-state index in [1.54, 1.807) is 37.5 Å². The van der Waals surface area contributed by atoms with Gasteiger partial charge >= 0.3 is 5.57 Å². The largest absolute Gasteiger partial charge is 0.487 e. The van der Waals surface area contributed by atoms with E-state index in [4.69, 9.17) is 16.0 Å². The first kappa shape index (κ1) is 18.0. The van der Waals surface area contributed by atoms with E-state index in [1.807, 2.05) is 0 Å². The van der Waals surface area contributed by atoms with Crippen LogP contribution in [0, 0.1) is 0 Å². The van der Waals surface area contributed by atoms with Crippen LogP contribution in [0.3, 0.4) is 0 Å². The molecule has 0 fully saturated rings. The van der Waals surface area contributed by atoms with E-state index in [9.17, 15) is 8.78 Å². The lowest BCUT2D eigenvalue weighted by Crippen LogP contribution is -2.15. The highest BCUT2D eigenvalue weighted by atomic mass is 35.5. The summed E-state index contributed by atoms with van der Waals surface area (Å²) < 4.78 is 35.1. The smallest absolute Gasteiger partial charge is 0.420 e. The second-order valence-electron chi connectivity index (χ2n) is 5.13. The van der Waals surface area contributed by atoms with Crippen molar-refractivity contribution in [3.05, 3.63) is 48.5 Å². The average molecular weight is 382 g/mol. The van der Waals surface area contributed by atoms with Crippen molar-refractivity contribution in [1.82, 2.24) is 20.5 Å². The quantitative estimate of drug-likeness (QED) is 0.602. The topological polar surface area (TPSA) is 85.1 Å². The van der Waals surface area contributed by atoms with Gasteiger partial charge in [0.05, 0.1) is 12.1 Å². The van der Waals surface area contributed by atoms with Gasteiger partial charge in [0.25, 0.3) is 5.89 Å².